The highest BCUT2D eigenvalue weighted by Crippen LogP contribution is 2.35. The first-order chi connectivity index (χ1) is 10.1. The van der Waals surface area contributed by atoms with Gasteiger partial charge in [0.2, 0.25) is 0 Å². The standard InChI is InChI=1S/C15H19N3O3/c16-13(19)10-7-9-3-1-2-4-11(9)17-14(10)18-12(15(20)21)8-5-6-8/h7-8,12H,1-6H2,(H2,16,19)(H,17,18)(H,20,21). The number of anilines is 1. The number of amides is 1. The van der Waals surface area contributed by atoms with Gasteiger partial charge in [-0.25, -0.2) is 9.78 Å². The van der Waals surface area contributed by atoms with E-state index in [-0.39, 0.29) is 5.92 Å². The number of nitrogens with one attached hydrogen (secondary N) is 1. The van der Waals surface area contributed by atoms with Crippen LogP contribution in [0.5, 0.6) is 0 Å². The molecule has 21 heavy (non-hydrogen) atoms. The van der Waals surface area contributed by atoms with Crippen molar-refractivity contribution < 1.29 is 14.7 Å². The summed E-state index contributed by atoms with van der Waals surface area (Å²) in [6.45, 7) is 0. The van der Waals surface area contributed by atoms with E-state index in [9.17, 15) is 14.7 Å². The Balaban J connectivity index is 1.95. The molecule has 0 radical (unpaired) electrons. The predicted octanol–water partition coefficient (Wildman–Crippen LogP) is 1.33. The van der Waals surface area contributed by atoms with Crippen LogP contribution in [-0.2, 0) is 17.6 Å². The number of pyridine rings is 1. The number of nitrogens with two attached hydrogens (primary N) is 1. The van der Waals surface area contributed by atoms with Gasteiger partial charge in [-0.2, -0.15) is 0 Å². The molecule has 1 unspecified atom stereocenters. The quantitative estimate of drug-likeness (QED) is 0.758. The number of rotatable bonds is 5. The SMILES string of the molecule is NC(=O)c1cc2c(nc1NC(C(=O)O)C1CC1)CCCC2. The number of aromatic nitrogens is 1. The van der Waals surface area contributed by atoms with E-state index in [1.165, 1.54) is 0 Å². The number of carbonyl (C=O) groups is 2. The molecule has 0 saturated heterocycles. The molecule has 6 heteroatoms. The Morgan fingerprint density at radius 3 is 2.67 bits per heavy atom. The first-order valence-corrected chi connectivity index (χ1v) is 7.38. The van der Waals surface area contributed by atoms with Crippen LogP contribution < -0.4 is 11.1 Å². The number of hydrogen-bond acceptors (Lipinski definition) is 4. The maximum atomic E-state index is 11.6. The summed E-state index contributed by atoms with van der Waals surface area (Å²) in [5.74, 6) is -1.05. The molecule has 0 bridgehead atoms. The number of carbonyl (C=O) groups excluding carboxylic acids is 1. The van der Waals surface area contributed by atoms with E-state index in [0.29, 0.717) is 11.4 Å². The lowest BCUT2D eigenvalue weighted by Gasteiger charge is -2.21. The number of carboxylic acids is 1. The van der Waals surface area contributed by atoms with Crippen molar-refractivity contribution in [3.05, 3.63) is 22.9 Å². The number of carboxylic acid groups (broad SMARTS) is 1. The molecular weight excluding hydrogens is 270 g/mol. The van der Waals surface area contributed by atoms with Gasteiger partial charge in [-0.05, 0) is 56.1 Å². The van der Waals surface area contributed by atoms with Crippen molar-refractivity contribution in [2.45, 2.75) is 44.6 Å². The van der Waals surface area contributed by atoms with Gasteiger partial charge in [-0.15, -0.1) is 0 Å². The van der Waals surface area contributed by atoms with E-state index >= 15 is 0 Å². The van der Waals surface area contributed by atoms with Crippen molar-refractivity contribution in [3.8, 4) is 0 Å². The van der Waals surface area contributed by atoms with E-state index in [4.69, 9.17) is 5.73 Å². The zero-order valence-corrected chi connectivity index (χ0v) is 11.8. The highest BCUT2D eigenvalue weighted by atomic mass is 16.4. The predicted molar refractivity (Wildman–Crippen MR) is 77.2 cm³/mol. The minimum Gasteiger partial charge on any atom is -0.480 e. The first-order valence-electron chi connectivity index (χ1n) is 7.38. The highest BCUT2D eigenvalue weighted by Gasteiger charge is 2.37. The summed E-state index contributed by atoms with van der Waals surface area (Å²) < 4.78 is 0. The third-order valence-electron chi connectivity index (χ3n) is 4.22. The molecule has 2 aliphatic rings. The lowest BCUT2D eigenvalue weighted by atomic mass is 9.94. The smallest absolute Gasteiger partial charge is 0.326 e. The fraction of sp³-hybridized carbons (Fsp3) is 0.533. The lowest BCUT2D eigenvalue weighted by Crippen LogP contribution is -2.33. The number of aryl methyl sites for hydroxylation is 2. The molecule has 1 fully saturated rings. The van der Waals surface area contributed by atoms with Crippen molar-refractivity contribution in [3.63, 3.8) is 0 Å². The molecule has 3 rings (SSSR count). The van der Waals surface area contributed by atoms with Crippen LogP contribution in [0.4, 0.5) is 5.82 Å². The fourth-order valence-corrected chi connectivity index (χ4v) is 2.89. The van der Waals surface area contributed by atoms with Crippen LogP contribution >= 0.6 is 0 Å². The molecular formula is C15H19N3O3. The molecule has 1 aromatic heterocycles. The average Bonchev–Trinajstić information content (AvgIpc) is 3.27. The Morgan fingerprint density at radius 1 is 1.33 bits per heavy atom. The van der Waals surface area contributed by atoms with Crippen LogP contribution in [-0.4, -0.2) is 28.0 Å². The van der Waals surface area contributed by atoms with Crippen molar-refractivity contribution in [1.29, 1.82) is 0 Å². The summed E-state index contributed by atoms with van der Waals surface area (Å²) in [6, 6.07) is 1.08. The molecule has 1 saturated carbocycles. The zero-order valence-electron chi connectivity index (χ0n) is 11.8. The molecule has 1 atom stereocenters. The van der Waals surface area contributed by atoms with Gasteiger partial charge in [0.25, 0.3) is 5.91 Å². The molecule has 6 nitrogen and oxygen atoms in total. The largest absolute Gasteiger partial charge is 0.480 e. The molecule has 1 heterocycles. The van der Waals surface area contributed by atoms with E-state index in [1.54, 1.807) is 6.07 Å². The molecule has 0 aliphatic heterocycles. The van der Waals surface area contributed by atoms with Crippen molar-refractivity contribution in [2.24, 2.45) is 11.7 Å². The number of hydrogen-bond donors (Lipinski definition) is 3. The molecule has 0 spiro atoms. The van der Waals surface area contributed by atoms with Crippen LogP contribution in [0.2, 0.25) is 0 Å². The van der Waals surface area contributed by atoms with Gasteiger partial charge in [-0.3, -0.25) is 4.79 Å². The highest BCUT2D eigenvalue weighted by molar-refractivity contribution is 5.98. The maximum Gasteiger partial charge on any atom is 0.326 e. The maximum absolute atomic E-state index is 11.6. The van der Waals surface area contributed by atoms with Crippen molar-refractivity contribution >= 4 is 17.7 Å². The molecule has 0 aromatic carbocycles. The number of fused-ring (bicyclic) bond motifs is 1. The van der Waals surface area contributed by atoms with E-state index in [2.05, 4.69) is 10.3 Å². The second kappa shape index (κ2) is 5.35. The molecule has 1 aromatic rings. The third-order valence-corrected chi connectivity index (χ3v) is 4.22. The Kier molecular flexibility index (Phi) is 3.53. The Bertz CT molecular complexity index is 596. The lowest BCUT2D eigenvalue weighted by molar-refractivity contribution is -0.138. The summed E-state index contributed by atoms with van der Waals surface area (Å²) in [4.78, 5) is 27.5. The summed E-state index contributed by atoms with van der Waals surface area (Å²) >= 11 is 0. The molecule has 4 N–H and O–H groups in total. The van der Waals surface area contributed by atoms with Crippen LogP contribution in [0.1, 0.15) is 47.3 Å². The van der Waals surface area contributed by atoms with Gasteiger partial charge in [0.1, 0.15) is 11.9 Å². The number of nitrogens with zero attached hydrogens (tertiary/aromatic N) is 1. The van der Waals surface area contributed by atoms with E-state index in [1.807, 2.05) is 0 Å². The van der Waals surface area contributed by atoms with Gasteiger partial charge >= 0.3 is 5.97 Å². The normalized spacial score (nSPS) is 18.7. The third kappa shape index (κ3) is 2.84. The van der Waals surface area contributed by atoms with Crippen molar-refractivity contribution in [1.82, 2.24) is 4.98 Å². The Labute approximate surface area is 122 Å². The van der Waals surface area contributed by atoms with Gasteiger partial charge < -0.3 is 16.2 Å². The average molecular weight is 289 g/mol. The summed E-state index contributed by atoms with van der Waals surface area (Å²) in [5.41, 5.74) is 7.73. The summed E-state index contributed by atoms with van der Waals surface area (Å²) in [6.07, 6.45) is 5.69. The molecule has 112 valence electrons. The first kappa shape index (κ1) is 13.9. The summed E-state index contributed by atoms with van der Waals surface area (Å²) in [7, 11) is 0. The zero-order chi connectivity index (χ0) is 15.0. The van der Waals surface area contributed by atoms with Gasteiger partial charge in [0, 0.05) is 5.69 Å². The minimum absolute atomic E-state index is 0.112. The van der Waals surface area contributed by atoms with Crippen molar-refractivity contribution in [2.75, 3.05) is 5.32 Å². The van der Waals surface area contributed by atoms with Crippen LogP contribution in [0.25, 0.3) is 0 Å². The number of aliphatic carboxylic acids is 1. The Morgan fingerprint density at radius 2 is 2.05 bits per heavy atom. The monoisotopic (exact) mass is 289 g/mol. The van der Waals surface area contributed by atoms with E-state index < -0.39 is 17.9 Å². The summed E-state index contributed by atoms with van der Waals surface area (Å²) in [5, 5.41) is 12.2. The minimum atomic E-state index is -0.910. The van der Waals surface area contributed by atoms with Crippen LogP contribution in [0.3, 0.4) is 0 Å². The van der Waals surface area contributed by atoms with Crippen LogP contribution in [0, 0.1) is 5.92 Å². The molecule has 1 amide bonds. The van der Waals surface area contributed by atoms with Gasteiger partial charge in [0.15, 0.2) is 0 Å². The van der Waals surface area contributed by atoms with Gasteiger partial charge in [0.05, 0.1) is 5.56 Å². The van der Waals surface area contributed by atoms with Crippen LogP contribution in [0.15, 0.2) is 6.07 Å². The topological polar surface area (TPSA) is 105 Å². The number of primary amides is 1. The molecule has 2 aliphatic carbocycles. The second-order valence-electron chi connectivity index (χ2n) is 5.86. The fourth-order valence-electron chi connectivity index (χ4n) is 2.89. The Hall–Kier alpha value is -2.11. The van der Waals surface area contributed by atoms with Gasteiger partial charge in [-0.1, -0.05) is 0 Å². The van der Waals surface area contributed by atoms with E-state index in [0.717, 1.165) is 49.8 Å². The second-order valence-corrected chi connectivity index (χ2v) is 5.86.